The van der Waals surface area contributed by atoms with Gasteiger partial charge in [-0.25, -0.2) is 0 Å². The van der Waals surface area contributed by atoms with Crippen LogP contribution < -0.4 is 0 Å². The molecule has 110 valence electrons. The first-order chi connectivity index (χ1) is 9.54. The van der Waals surface area contributed by atoms with Crippen LogP contribution in [0.2, 0.25) is 0 Å². The molecule has 0 unspecified atom stereocenters. The van der Waals surface area contributed by atoms with Crippen LogP contribution in [0.1, 0.15) is 37.0 Å². The van der Waals surface area contributed by atoms with Gasteiger partial charge in [-0.05, 0) is 24.5 Å². The smallest absolute Gasteiger partial charge is 0.307 e. The molecule has 0 N–H and O–H groups in total. The molecule has 0 radical (unpaired) electrons. The summed E-state index contributed by atoms with van der Waals surface area (Å²) in [6, 6.07) is 9.15. The molecule has 4 heteroatoms. The Morgan fingerprint density at radius 1 is 1.15 bits per heavy atom. The lowest BCUT2D eigenvalue weighted by Gasteiger charge is -2.23. The van der Waals surface area contributed by atoms with Crippen LogP contribution in [0, 0.1) is 5.92 Å². The number of nitrogens with zero attached hydrogens (tertiary/aromatic N) is 1. The van der Waals surface area contributed by atoms with Crippen LogP contribution in [0.3, 0.4) is 0 Å². The van der Waals surface area contributed by atoms with Crippen molar-refractivity contribution in [1.29, 1.82) is 0 Å². The summed E-state index contributed by atoms with van der Waals surface area (Å²) in [4.78, 5) is 25.4. The highest BCUT2D eigenvalue weighted by atomic mass is 16.5. The van der Waals surface area contributed by atoms with Gasteiger partial charge in [0.15, 0.2) is 0 Å². The van der Waals surface area contributed by atoms with Crippen molar-refractivity contribution < 1.29 is 14.3 Å². The summed E-state index contributed by atoms with van der Waals surface area (Å²) < 4.78 is 4.63. The molecule has 0 atom stereocenters. The van der Waals surface area contributed by atoms with Crippen molar-refractivity contribution in [2.75, 3.05) is 20.2 Å². The molecule has 0 spiro atoms. The first kappa shape index (κ1) is 16.2. The molecule has 0 aromatic heterocycles. The fourth-order valence-electron chi connectivity index (χ4n) is 1.82. The molecule has 1 rings (SSSR count). The standard InChI is InChI=1S/C16H23NO3/c1-13(2)9-11-17(12-10-15(18)20-3)16(19)14-7-5-4-6-8-14/h4-8,13H,9-12H2,1-3H3. The average molecular weight is 277 g/mol. The van der Waals surface area contributed by atoms with Gasteiger partial charge in [0.1, 0.15) is 0 Å². The van der Waals surface area contributed by atoms with E-state index in [-0.39, 0.29) is 18.3 Å². The molecular weight excluding hydrogens is 254 g/mol. The molecule has 4 nitrogen and oxygen atoms in total. The molecule has 0 saturated heterocycles. The number of ether oxygens (including phenoxy) is 1. The van der Waals surface area contributed by atoms with E-state index in [1.807, 2.05) is 18.2 Å². The zero-order valence-electron chi connectivity index (χ0n) is 12.5. The topological polar surface area (TPSA) is 46.6 Å². The predicted molar refractivity (Wildman–Crippen MR) is 78.4 cm³/mol. The summed E-state index contributed by atoms with van der Waals surface area (Å²) in [5.74, 6) is 0.190. The Morgan fingerprint density at radius 2 is 1.80 bits per heavy atom. The Kier molecular flexibility index (Phi) is 6.77. The molecule has 1 aromatic rings. The van der Waals surface area contributed by atoms with E-state index < -0.39 is 0 Å². The first-order valence-electron chi connectivity index (χ1n) is 6.95. The minimum atomic E-state index is -0.291. The van der Waals surface area contributed by atoms with Gasteiger partial charge in [-0.15, -0.1) is 0 Å². The molecule has 0 heterocycles. The van der Waals surface area contributed by atoms with Crippen LogP contribution >= 0.6 is 0 Å². The molecule has 0 saturated carbocycles. The second-order valence-corrected chi connectivity index (χ2v) is 5.17. The van der Waals surface area contributed by atoms with Crippen molar-refractivity contribution in [2.45, 2.75) is 26.7 Å². The Bertz CT molecular complexity index is 429. The van der Waals surface area contributed by atoms with Crippen molar-refractivity contribution in [1.82, 2.24) is 4.90 Å². The fourth-order valence-corrected chi connectivity index (χ4v) is 1.82. The van der Waals surface area contributed by atoms with Gasteiger partial charge < -0.3 is 9.64 Å². The number of hydrogen-bond acceptors (Lipinski definition) is 3. The van der Waals surface area contributed by atoms with E-state index in [0.717, 1.165) is 6.42 Å². The van der Waals surface area contributed by atoms with Crippen molar-refractivity contribution in [3.8, 4) is 0 Å². The molecule has 1 aromatic carbocycles. The maximum atomic E-state index is 12.4. The van der Waals surface area contributed by atoms with E-state index in [0.29, 0.717) is 24.6 Å². The number of methoxy groups -OCH3 is 1. The zero-order chi connectivity index (χ0) is 15.0. The minimum absolute atomic E-state index is 0.0323. The third-order valence-electron chi connectivity index (χ3n) is 3.10. The largest absolute Gasteiger partial charge is 0.469 e. The van der Waals surface area contributed by atoms with E-state index >= 15 is 0 Å². The number of esters is 1. The molecule has 0 aliphatic carbocycles. The predicted octanol–water partition coefficient (Wildman–Crippen LogP) is 2.74. The number of benzene rings is 1. The third-order valence-corrected chi connectivity index (χ3v) is 3.10. The molecule has 20 heavy (non-hydrogen) atoms. The van der Waals surface area contributed by atoms with Gasteiger partial charge in [-0.2, -0.15) is 0 Å². The van der Waals surface area contributed by atoms with Crippen molar-refractivity contribution >= 4 is 11.9 Å². The van der Waals surface area contributed by atoms with Gasteiger partial charge in [0.25, 0.3) is 5.91 Å². The highest BCUT2D eigenvalue weighted by Crippen LogP contribution is 2.09. The SMILES string of the molecule is COC(=O)CCN(CCC(C)C)C(=O)c1ccccc1. The highest BCUT2D eigenvalue weighted by Gasteiger charge is 2.17. The van der Waals surface area contributed by atoms with Crippen LogP contribution in [0.25, 0.3) is 0 Å². The molecule has 1 amide bonds. The Labute approximate surface area is 120 Å². The Hall–Kier alpha value is -1.84. The van der Waals surface area contributed by atoms with Crippen molar-refractivity contribution in [3.63, 3.8) is 0 Å². The normalized spacial score (nSPS) is 10.4. The molecule has 0 aliphatic heterocycles. The lowest BCUT2D eigenvalue weighted by Crippen LogP contribution is -2.34. The van der Waals surface area contributed by atoms with Crippen LogP contribution in [0.4, 0.5) is 0 Å². The lowest BCUT2D eigenvalue weighted by atomic mass is 10.1. The number of rotatable bonds is 7. The summed E-state index contributed by atoms with van der Waals surface area (Å²) in [5, 5.41) is 0. The van der Waals surface area contributed by atoms with Crippen molar-refractivity contribution in [2.24, 2.45) is 5.92 Å². The summed E-state index contributed by atoms with van der Waals surface area (Å²) in [6.07, 6.45) is 1.15. The number of hydrogen-bond donors (Lipinski definition) is 0. The van der Waals surface area contributed by atoms with Gasteiger partial charge in [-0.3, -0.25) is 9.59 Å². The average Bonchev–Trinajstić information content (AvgIpc) is 2.47. The van der Waals surface area contributed by atoms with Gasteiger partial charge in [0, 0.05) is 18.7 Å². The number of carbonyl (C=O) groups is 2. The van der Waals surface area contributed by atoms with Crippen LogP contribution in [-0.4, -0.2) is 37.0 Å². The second-order valence-electron chi connectivity index (χ2n) is 5.17. The summed E-state index contributed by atoms with van der Waals surface area (Å²) in [5.41, 5.74) is 0.654. The second kappa shape index (κ2) is 8.35. The van der Waals surface area contributed by atoms with Crippen molar-refractivity contribution in [3.05, 3.63) is 35.9 Å². The van der Waals surface area contributed by atoms with E-state index in [1.165, 1.54) is 7.11 Å². The third kappa shape index (κ3) is 5.43. The van der Waals surface area contributed by atoms with Crippen LogP contribution in [0.15, 0.2) is 30.3 Å². The summed E-state index contributed by atoms with van der Waals surface area (Å²) in [7, 11) is 1.36. The summed E-state index contributed by atoms with van der Waals surface area (Å²) >= 11 is 0. The monoisotopic (exact) mass is 277 g/mol. The summed E-state index contributed by atoms with van der Waals surface area (Å²) in [6.45, 7) is 5.28. The maximum Gasteiger partial charge on any atom is 0.307 e. The minimum Gasteiger partial charge on any atom is -0.469 e. The molecule has 0 aliphatic rings. The van der Waals surface area contributed by atoms with Crippen LogP contribution in [0.5, 0.6) is 0 Å². The molecule has 0 bridgehead atoms. The van der Waals surface area contributed by atoms with E-state index in [4.69, 9.17) is 0 Å². The highest BCUT2D eigenvalue weighted by molar-refractivity contribution is 5.94. The molecular formula is C16H23NO3. The van der Waals surface area contributed by atoms with Crippen LogP contribution in [-0.2, 0) is 9.53 Å². The van der Waals surface area contributed by atoms with E-state index in [1.54, 1.807) is 17.0 Å². The Morgan fingerprint density at radius 3 is 2.35 bits per heavy atom. The van der Waals surface area contributed by atoms with Gasteiger partial charge in [0.05, 0.1) is 13.5 Å². The number of amides is 1. The Balaban J connectivity index is 2.70. The zero-order valence-corrected chi connectivity index (χ0v) is 12.5. The fraction of sp³-hybridized carbons (Fsp3) is 0.500. The first-order valence-corrected chi connectivity index (χ1v) is 6.95. The van der Waals surface area contributed by atoms with Gasteiger partial charge in [-0.1, -0.05) is 32.0 Å². The lowest BCUT2D eigenvalue weighted by molar-refractivity contribution is -0.140. The maximum absolute atomic E-state index is 12.4. The van der Waals surface area contributed by atoms with E-state index in [9.17, 15) is 9.59 Å². The van der Waals surface area contributed by atoms with Gasteiger partial charge in [0.2, 0.25) is 0 Å². The van der Waals surface area contributed by atoms with Gasteiger partial charge >= 0.3 is 5.97 Å². The molecule has 0 fully saturated rings. The number of carbonyl (C=O) groups excluding carboxylic acids is 2. The van der Waals surface area contributed by atoms with E-state index in [2.05, 4.69) is 18.6 Å². The quantitative estimate of drug-likeness (QED) is 0.720.